The number of benzene rings is 2. The molecule has 6 rings (SSSR count). The molecule has 1 saturated heterocycles. The van der Waals surface area contributed by atoms with Crippen LogP contribution in [0.1, 0.15) is 36.4 Å². The van der Waals surface area contributed by atoms with Gasteiger partial charge in [-0.25, -0.2) is 19.0 Å². The van der Waals surface area contributed by atoms with Crippen LogP contribution in [0, 0.1) is 5.82 Å². The molecule has 40 heavy (non-hydrogen) atoms. The molecule has 4 heterocycles. The van der Waals surface area contributed by atoms with E-state index in [9.17, 15) is 14.0 Å². The first kappa shape index (κ1) is 25.3. The molecular weight excluding hydrogens is 515 g/mol. The van der Waals surface area contributed by atoms with Gasteiger partial charge in [-0.05, 0) is 43.7 Å². The minimum Gasteiger partial charge on any atom is -0.383 e. The minimum atomic E-state index is -0.659. The zero-order chi connectivity index (χ0) is 28.0. The largest absolute Gasteiger partial charge is 0.383 e. The van der Waals surface area contributed by atoms with Gasteiger partial charge in [-0.2, -0.15) is 10.2 Å². The molecular formula is C28H25FN8O3. The molecule has 2 aromatic carbocycles. The Morgan fingerprint density at radius 2 is 1.75 bits per heavy atom. The number of nitrogen functional groups attached to an aromatic ring is 1. The van der Waals surface area contributed by atoms with Crippen LogP contribution in [0.2, 0.25) is 0 Å². The molecule has 1 aliphatic heterocycles. The Hall–Kier alpha value is -4.97. The Labute approximate surface area is 227 Å². The molecule has 0 spiro atoms. The van der Waals surface area contributed by atoms with Crippen LogP contribution in [0.3, 0.4) is 0 Å². The number of carbonyl (C=O) groups excluding carboxylic acids is 1. The zero-order valence-corrected chi connectivity index (χ0v) is 21.7. The van der Waals surface area contributed by atoms with Crippen molar-refractivity contribution in [3.63, 3.8) is 0 Å². The molecule has 0 unspecified atom stereocenters. The van der Waals surface area contributed by atoms with Crippen LogP contribution in [0.25, 0.3) is 33.4 Å². The van der Waals surface area contributed by atoms with E-state index in [1.807, 2.05) is 13.8 Å². The lowest BCUT2D eigenvalue weighted by molar-refractivity contribution is -0.0268. The molecule has 1 aliphatic rings. The van der Waals surface area contributed by atoms with E-state index in [1.54, 1.807) is 39.8 Å². The number of nitrogens with two attached hydrogens (primary N) is 1. The minimum absolute atomic E-state index is 0.0668. The van der Waals surface area contributed by atoms with Gasteiger partial charge in [0, 0.05) is 29.1 Å². The van der Waals surface area contributed by atoms with Crippen LogP contribution in [0.15, 0.2) is 65.8 Å². The maximum absolute atomic E-state index is 13.5. The Morgan fingerprint density at radius 3 is 2.40 bits per heavy atom. The number of nitrogens with one attached hydrogen (secondary N) is 1. The van der Waals surface area contributed by atoms with Gasteiger partial charge in [-0.15, -0.1) is 0 Å². The van der Waals surface area contributed by atoms with Crippen molar-refractivity contribution in [2.24, 2.45) is 0 Å². The summed E-state index contributed by atoms with van der Waals surface area (Å²) in [6, 6.07) is 12.5. The molecule has 0 radical (unpaired) electrons. The number of rotatable bonds is 6. The summed E-state index contributed by atoms with van der Waals surface area (Å²) in [6.45, 7) is 4.85. The van der Waals surface area contributed by atoms with Crippen LogP contribution in [0.4, 0.5) is 15.9 Å². The number of nitrogens with zero attached hydrogens (tertiary/aromatic N) is 6. The summed E-state index contributed by atoms with van der Waals surface area (Å²) >= 11 is 0. The molecule has 202 valence electrons. The summed E-state index contributed by atoms with van der Waals surface area (Å²) < 4.78 is 22.1. The van der Waals surface area contributed by atoms with Crippen LogP contribution >= 0.6 is 0 Å². The molecule has 12 heteroatoms. The van der Waals surface area contributed by atoms with Gasteiger partial charge in [0.05, 0.1) is 18.6 Å². The number of carbonyl (C=O) groups is 1. The lowest BCUT2D eigenvalue weighted by Gasteiger charge is -2.26. The third-order valence-electron chi connectivity index (χ3n) is 6.74. The van der Waals surface area contributed by atoms with E-state index < -0.39 is 17.2 Å². The Kier molecular flexibility index (Phi) is 6.31. The van der Waals surface area contributed by atoms with Gasteiger partial charge in [0.1, 0.15) is 29.7 Å². The highest BCUT2D eigenvalue weighted by Crippen LogP contribution is 2.33. The van der Waals surface area contributed by atoms with Gasteiger partial charge in [-0.1, -0.05) is 24.3 Å². The van der Waals surface area contributed by atoms with Crippen molar-refractivity contribution in [1.29, 1.82) is 0 Å². The van der Waals surface area contributed by atoms with Crippen LogP contribution in [-0.2, 0) is 4.74 Å². The molecule has 0 aliphatic carbocycles. The van der Waals surface area contributed by atoms with E-state index in [-0.39, 0.29) is 23.3 Å². The fourth-order valence-electron chi connectivity index (χ4n) is 4.47. The number of aromatic nitrogens is 6. The summed E-state index contributed by atoms with van der Waals surface area (Å²) in [5.41, 5.74) is 8.57. The van der Waals surface area contributed by atoms with Gasteiger partial charge in [0.2, 0.25) is 5.43 Å². The van der Waals surface area contributed by atoms with Crippen LogP contribution < -0.4 is 16.5 Å². The van der Waals surface area contributed by atoms with E-state index in [4.69, 9.17) is 15.6 Å². The Balaban J connectivity index is 1.31. The maximum Gasteiger partial charge on any atom is 0.280 e. The average molecular weight is 541 g/mol. The Morgan fingerprint density at radius 1 is 1.05 bits per heavy atom. The predicted molar refractivity (Wildman–Crippen MR) is 147 cm³/mol. The normalized spacial score (nSPS) is 13.5. The molecule has 3 N–H and O–H groups in total. The standard InChI is InChI=1S/C28H25FN8O3/c1-15(2)36-11-21(16-3-7-18(29)8-4-16)25(38)24(34-36)28(39)33-19-9-5-17(6-10-19)23-22-26(30)31-14-32-27(22)37(35-23)20-12-40-13-20/h3-11,14-15,20H,12-13H2,1-2H3,(H,33,39)(H2,30,31,32). The smallest absolute Gasteiger partial charge is 0.280 e. The first-order chi connectivity index (χ1) is 19.3. The van der Waals surface area contributed by atoms with Gasteiger partial charge in [-0.3, -0.25) is 14.3 Å². The lowest BCUT2D eigenvalue weighted by atomic mass is 10.1. The topological polar surface area (TPSA) is 143 Å². The van der Waals surface area contributed by atoms with E-state index in [0.29, 0.717) is 47.0 Å². The highest BCUT2D eigenvalue weighted by molar-refractivity contribution is 6.03. The monoisotopic (exact) mass is 540 g/mol. The van der Waals surface area contributed by atoms with Crippen molar-refractivity contribution in [3.05, 3.63) is 82.8 Å². The fraction of sp³-hybridized carbons (Fsp3) is 0.214. The van der Waals surface area contributed by atoms with Crippen molar-refractivity contribution in [2.75, 3.05) is 24.3 Å². The van der Waals surface area contributed by atoms with Crippen molar-refractivity contribution in [3.8, 4) is 22.4 Å². The highest BCUT2D eigenvalue weighted by atomic mass is 19.1. The van der Waals surface area contributed by atoms with Crippen molar-refractivity contribution >= 4 is 28.4 Å². The average Bonchev–Trinajstić information content (AvgIpc) is 3.29. The molecule has 0 bridgehead atoms. The van der Waals surface area contributed by atoms with Crippen molar-refractivity contribution in [2.45, 2.75) is 25.9 Å². The number of hydrogen-bond donors (Lipinski definition) is 2. The Bertz CT molecular complexity index is 1790. The van der Waals surface area contributed by atoms with E-state index in [2.05, 4.69) is 20.4 Å². The number of ether oxygens (including phenoxy) is 1. The molecule has 11 nitrogen and oxygen atoms in total. The van der Waals surface area contributed by atoms with Gasteiger partial charge in [0.25, 0.3) is 5.91 Å². The molecule has 5 aromatic rings. The van der Waals surface area contributed by atoms with Crippen molar-refractivity contribution in [1.82, 2.24) is 29.5 Å². The molecule has 0 saturated carbocycles. The number of fused-ring (bicyclic) bond motifs is 1. The van der Waals surface area contributed by atoms with Crippen LogP contribution in [0.5, 0.6) is 0 Å². The van der Waals surface area contributed by atoms with Gasteiger partial charge < -0.3 is 15.8 Å². The number of amides is 1. The first-order valence-corrected chi connectivity index (χ1v) is 12.7. The van der Waals surface area contributed by atoms with Gasteiger partial charge >= 0.3 is 0 Å². The summed E-state index contributed by atoms with van der Waals surface area (Å²) in [5.74, 6) is -0.763. The SMILES string of the molecule is CC(C)n1cc(-c2ccc(F)cc2)c(=O)c(C(=O)Nc2ccc(-c3nn(C4COC4)c4ncnc(N)c34)cc2)n1. The number of anilines is 2. The molecule has 1 amide bonds. The maximum atomic E-state index is 13.5. The third-order valence-corrected chi connectivity index (χ3v) is 6.74. The van der Waals surface area contributed by atoms with Gasteiger partial charge in [0.15, 0.2) is 11.3 Å². The second kappa shape index (κ2) is 9.97. The lowest BCUT2D eigenvalue weighted by Crippen LogP contribution is -2.31. The summed E-state index contributed by atoms with van der Waals surface area (Å²) in [6.07, 6.45) is 2.98. The summed E-state index contributed by atoms with van der Waals surface area (Å²) in [4.78, 5) is 35.0. The first-order valence-electron chi connectivity index (χ1n) is 12.7. The fourth-order valence-corrected chi connectivity index (χ4v) is 4.47. The second-order valence-corrected chi connectivity index (χ2v) is 9.77. The summed E-state index contributed by atoms with van der Waals surface area (Å²) in [5, 5.41) is 12.4. The number of halogens is 1. The predicted octanol–water partition coefficient (Wildman–Crippen LogP) is 3.84. The van der Waals surface area contributed by atoms with Crippen molar-refractivity contribution < 1.29 is 13.9 Å². The third kappa shape index (κ3) is 4.47. The van der Waals surface area contributed by atoms with E-state index in [0.717, 1.165) is 5.56 Å². The van der Waals surface area contributed by atoms with Crippen LogP contribution in [-0.4, -0.2) is 48.6 Å². The van der Waals surface area contributed by atoms with E-state index >= 15 is 0 Å². The molecule has 3 aromatic heterocycles. The van der Waals surface area contributed by atoms with E-state index in [1.165, 1.54) is 30.6 Å². The highest BCUT2D eigenvalue weighted by Gasteiger charge is 2.27. The quantitative estimate of drug-likeness (QED) is 0.331. The zero-order valence-electron chi connectivity index (χ0n) is 21.7. The molecule has 1 fully saturated rings. The molecule has 0 atom stereocenters. The summed E-state index contributed by atoms with van der Waals surface area (Å²) in [7, 11) is 0. The second-order valence-electron chi connectivity index (χ2n) is 9.77. The number of hydrogen-bond acceptors (Lipinski definition) is 8.